The zero-order valence-corrected chi connectivity index (χ0v) is 8.90. The molecule has 1 saturated heterocycles. The smallest absolute Gasteiger partial charge is 0.154 e. The molecule has 0 unspecified atom stereocenters. The highest BCUT2D eigenvalue weighted by Gasteiger charge is 2.35. The van der Waals surface area contributed by atoms with Crippen molar-refractivity contribution in [2.45, 2.75) is 18.7 Å². The predicted octanol–water partition coefficient (Wildman–Crippen LogP) is -0.473. The molecule has 5 nitrogen and oxygen atoms in total. The van der Waals surface area contributed by atoms with Gasteiger partial charge >= 0.3 is 0 Å². The molecule has 2 heterocycles. The molecular weight excluding hydrogens is 218 g/mol. The molecule has 0 amide bonds. The van der Waals surface area contributed by atoms with Crippen LogP contribution in [0.15, 0.2) is 23.0 Å². The summed E-state index contributed by atoms with van der Waals surface area (Å²) in [4.78, 5) is 0. The third-order valence-corrected chi connectivity index (χ3v) is 4.19. The minimum absolute atomic E-state index is 0.00597. The summed E-state index contributed by atoms with van der Waals surface area (Å²) in [5.41, 5.74) is 0.937. The van der Waals surface area contributed by atoms with Gasteiger partial charge in [-0.3, -0.25) is 0 Å². The Morgan fingerprint density at radius 2 is 2.33 bits per heavy atom. The van der Waals surface area contributed by atoms with E-state index in [4.69, 9.17) is 4.42 Å². The van der Waals surface area contributed by atoms with Gasteiger partial charge in [0.25, 0.3) is 0 Å². The van der Waals surface area contributed by atoms with Gasteiger partial charge in [-0.15, -0.1) is 0 Å². The Kier molecular flexibility index (Phi) is 2.81. The Bertz CT molecular complexity index is 411. The molecule has 84 valence electrons. The summed E-state index contributed by atoms with van der Waals surface area (Å²) in [6.45, 7) is 0.508. The molecule has 1 aliphatic rings. The van der Waals surface area contributed by atoms with E-state index < -0.39 is 15.9 Å². The highest BCUT2D eigenvalue weighted by Crippen LogP contribution is 2.13. The summed E-state index contributed by atoms with van der Waals surface area (Å²) in [6, 6.07) is 1.42. The quantitative estimate of drug-likeness (QED) is 0.735. The van der Waals surface area contributed by atoms with E-state index in [0.29, 0.717) is 6.54 Å². The standard InChI is InChI=1S/C9H13NO4S/c11-9-6-15(12,13)5-8(9)10-3-7-1-2-14-4-7/h1-2,4,8-11H,3,5-6H2/t8-,9-/m1/s1. The molecule has 0 aromatic carbocycles. The molecule has 2 rings (SSSR count). The first kappa shape index (κ1) is 10.7. The van der Waals surface area contributed by atoms with Crippen molar-refractivity contribution in [1.29, 1.82) is 0 Å². The molecule has 2 N–H and O–H groups in total. The third-order valence-electron chi connectivity index (χ3n) is 2.47. The second-order valence-electron chi connectivity index (χ2n) is 3.76. The molecule has 0 radical (unpaired) electrons. The topological polar surface area (TPSA) is 79.5 Å². The van der Waals surface area contributed by atoms with Crippen LogP contribution in [-0.4, -0.2) is 37.2 Å². The normalized spacial score (nSPS) is 29.4. The lowest BCUT2D eigenvalue weighted by Crippen LogP contribution is -2.38. The molecule has 6 heteroatoms. The second-order valence-corrected chi connectivity index (χ2v) is 5.92. The SMILES string of the molecule is O=S1(=O)C[C@@H](O)[C@H](NCc2ccoc2)C1. The number of hydrogen-bond acceptors (Lipinski definition) is 5. The monoisotopic (exact) mass is 231 g/mol. The van der Waals surface area contributed by atoms with Gasteiger partial charge in [-0.1, -0.05) is 0 Å². The maximum absolute atomic E-state index is 11.2. The van der Waals surface area contributed by atoms with Crippen LogP contribution in [-0.2, 0) is 16.4 Å². The number of sulfone groups is 1. The fourth-order valence-electron chi connectivity index (χ4n) is 1.67. The summed E-state index contributed by atoms with van der Waals surface area (Å²) in [5, 5.41) is 12.5. The highest BCUT2D eigenvalue weighted by atomic mass is 32.2. The summed E-state index contributed by atoms with van der Waals surface area (Å²) >= 11 is 0. The number of aliphatic hydroxyl groups is 1. The van der Waals surface area contributed by atoms with Crippen molar-refractivity contribution in [2.75, 3.05) is 11.5 Å². The molecule has 1 aliphatic heterocycles. The third kappa shape index (κ3) is 2.58. The molecule has 1 aromatic heterocycles. The van der Waals surface area contributed by atoms with Crippen LogP contribution in [0.3, 0.4) is 0 Å². The van der Waals surface area contributed by atoms with Crippen LogP contribution in [0.2, 0.25) is 0 Å². The molecule has 0 aliphatic carbocycles. The summed E-state index contributed by atoms with van der Waals surface area (Å²) in [5.74, 6) is -0.137. The molecular formula is C9H13NO4S. The van der Waals surface area contributed by atoms with Gasteiger partial charge in [0.1, 0.15) is 0 Å². The zero-order chi connectivity index (χ0) is 10.9. The maximum Gasteiger partial charge on any atom is 0.154 e. The van der Waals surface area contributed by atoms with Crippen molar-refractivity contribution < 1.29 is 17.9 Å². The number of hydrogen-bond donors (Lipinski definition) is 2. The molecule has 0 saturated carbocycles. The van der Waals surface area contributed by atoms with Gasteiger partial charge in [-0.25, -0.2) is 8.42 Å². The van der Waals surface area contributed by atoms with E-state index in [1.807, 2.05) is 0 Å². The highest BCUT2D eigenvalue weighted by molar-refractivity contribution is 7.91. The van der Waals surface area contributed by atoms with Crippen molar-refractivity contribution in [3.63, 3.8) is 0 Å². The summed E-state index contributed by atoms with van der Waals surface area (Å²) in [6.07, 6.45) is 2.34. The molecule has 1 fully saturated rings. The first-order chi connectivity index (χ1) is 7.07. The summed E-state index contributed by atoms with van der Waals surface area (Å²) in [7, 11) is -3.07. The van der Waals surface area contributed by atoms with E-state index in [1.165, 1.54) is 0 Å². The molecule has 15 heavy (non-hydrogen) atoms. The van der Waals surface area contributed by atoms with E-state index >= 15 is 0 Å². The van der Waals surface area contributed by atoms with E-state index in [0.717, 1.165) is 5.56 Å². The number of furan rings is 1. The van der Waals surface area contributed by atoms with Crippen molar-refractivity contribution >= 4 is 9.84 Å². The van der Waals surface area contributed by atoms with Crippen molar-refractivity contribution in [1.82, 2.24) is 5.32 Å². The van der Waals surface area contributed by atoms with Crippen molar-refractivity contribution in [3.8, 4) is 0 Å². The van der Waals surface area contributed by atoms with Crippen LogP contribution in [0, 0.1) is 0 Å². The van der Waals surface area contributed by atoms with Crippen LogP contribution < -0.4 is 5.32 Å². The Hall–Kier alpha value is -0.850. The Morgan fingerprint density at radius 3 is 2.87 bits per heavy atom. The first-order valence-electron chi connectivity index (χ1n) is 4.70. The fraction of sp³-hybridized carbons (Fsp3) is 0.556. The van der Waals surface area contributed by atoms with Crippen molar-refractivity contribution in [2.24, 2.45) is 0 Å². The van der Waals surface area contributed by atoms with Crippen LogP contribution in [0.4, 0.5) is 0 Å². The number of rotatable bonds is 3. The van der Waals surface area contributed by atoms with E-state index in [2.05, 4.69) is 5.32 Å². The molecule has 1 aromatic rings. The lowest BCUT2D eigenvalue weighted by Gasteiger charge is -2.13. The van der Waals surface area contributed by atoms with Crippen molar-refractivity contribution in [3.05, 3.63) is 24.2 Å². The lowest BCUT2D eigenvalue weighted by atomic mass is 10.2. The van der Waals surface area contributed by atoms with E-state index in [1.54, 1.807) is 18.6 Å². The van der Waals surface area contributed by atoms with E-state index in [9.17, 15) is 13.5 Å². The van der Waals surface area contributed by atoms with Gasteiger partial charge in [-0.2, -0.15) is 0 Å². The first-order valence-corrected chi connectivity index (χ1v) is 6.52. The number of aliphatic hydroxyl groups excluding tert-OH is 1. The zero-order valence-electron chi connectivity index (χ0n) is 8.09. The van der Waals surface area contributed by atoms with Gasteiger partial charge in [0, 0.05) is 18.2 Å². The Morgan fingerprint density at radius 1 is 1.53 bits per heavy atom. The minimum atomic E-state index is -3.07. The average molecular weight is 231 g/mol. The van der Waals surface area contributed by atoms with Crippen LogP contribution in [0.25, 0.3) is 0 Å². The van der Waals surface area contributed by atoms with Gasteiger partial charge in [0.05, 0.1) is 30.1 Å². The van der Waals surface area contributed by atoms with Crippen LogP contribution in [0.1, 0.15) is 5.56 Å². The molecule has 2 atom stereocenters. The molecule has 0 bridgehead atoms. The van der Waals surface area contributed by atoms with Gasteiger partial charge < -0.3 is 14.8 Å². The second kappa shape index (κ2) is 3.96. The fourth-order valence-corrected chi connectivity index (χ4v) is 3.44. The minimum Gasteiger partial charge on any atom is -0.472 e. The predicted molar refractivity (Wildman–Crippen MR) is 54.0 cm³/mol. The Balaban J connectivity index is 1.91. The lowest BCUT2D eigenvalue weighted by molar-refractivity contribution is 0.165. The van der Waals surface area contributed by atoms with Gasteiger partial charge in [0.2, 0.25) is 0 Å². The Labute approximate surface area is 88.0 Å². The van der Waals surface area contributed by atoms with Crippen LogP contribution in [0.5, 0.6) is 0 Å². The maximum atomic E-state index is 11.2. The van der Waals surface area contributed by atoms with E-state index in [-0.39, 0.29) is 17.5 Å². The summed E-state index contributed by atoms with van der Waals surface area (Å²) < 4.78 is 27.3. The van der Waals surface area contributed by atoms with Gasteiger partial charge in [-0.05, 0) is 6.07 Å². The molecule has 0 spiro atoms. The average Bonchev–Trinajstić information content (AvgIpc) is 2.70. The van der Waals surface area contributed by atoms with Crippen LogP contribution >= 0.6 is 0 Å². The number of nitrogens with one attached hydrogen (secondary N) is 1. The van der Waals surface area contributed by atoms with Gasteiger partial charge in [0.15, 0.2) is 9.84 Å². The largest absolute Gasteiger partial charge is 0.472 e.